The molecule has 0 radical (unpaired) electrons. The lowest BCUT2D eigenvalue weighted by molar-refractivity contribution is -0.162. The van der Waals surface area contributed by atoms with Crippen LogP contribution in [0.3, 0.4) is 0 Å². The number of fused-ring (bicyclic) bond motifs is 4. The fraction of sp³-hybridized carbons (Fsp3) is 0.846. The summed E-state index contributed by atoms with van der Waals surface area (Å²) in [6.45, 7) is 11.5. The summed E-state index contributed by atoms with van der Waals surface area (Å²) in [5, 5.41) is 10.1. The SMILES string of the molecule is CC(C)CCC[C@@H](C)[C@H]1CC[C@H]2C3=C(CC[C@]12C)[C@@]1(C)CC(=O)[C@H](O)C[C@@H]1C(=O)O3. The highest BCUT2D eigenvalue weighted by molar-refractivity contribution is 5.89. The van der Waals surface area contributed by atoms with E-state index in [4.69, 9.17) is 4.74 Å². The molecule has 0 aromatic carbocycles. The number of allylic oxidation sites excluding steroid dienone is 2. The summed E-state index contributed by atoms with van der Waals surface area (Å²) in [5.74, 6) is 2.60. The first-order valence-corrected chi connectivity index (χ1v) is 12.2. The highest BCUT2D eigenvalue weighted by Gasteiger charge is 2.60. The lowest BCUT2D eigenvalue weighted by atomic mass is 9.54. The maximum Gasteiger partial charge on any atom is 0.315 e. The van der Waals surface area contributed by atoms with Gasteiger partial charge in [0.05, 0.1) is 5.92 Å². The molecule has 4 aliphatic rings. The van der Waals surface area contributed by atoms with E-state index in [0.717, 1.165) is 30.9 Å². The van der Waals surface area contributed by atoms with Crippen molar-refractivity contribution in [1.29, 1.82) is 0 Å². The molecule has 1 aliphatic heterocycles. The maximum absolute atomic E-state index is 13.0. The Morgan fingerprint density at radius 2 is 1.83 bits per heavy atom. The molecule has 4 heteroatoms. The number of ketones is 1. The number of rotatable bonds is 5. The molecule has 1 N–H and O–H groups in total. The maximum atomic E-state index is 13.0. The Kier molecular flexibility index (Phi) is 5.70. The number of Topliss-reactive ketones (excluding diaryl/α,β-unsaturated/α-hetero) is 1. The van der Waals surface area contributed by atoms with Gasteiger partial charge in [0.25, 0.3) is 0 Å². The third-order valence-electron chi connectivity index (χ3n) is 9.39. The van der Waals surface area contributed by atoms with Crippen LogP contribution in [0.5, 0.6) is 0 Å². The topological polar surface area (TPSA) is 63.6 Å². The van der Waals surface area contributed by atoms with Crippen LogP contribution in [0.25, 0.3) is 0 Å². The fourth-order valence-corrected chi connectivity index (χ4v) is 7.54. The summed E-state index contributed by atoms with van der Waals surface area (Å²) in [6, 6.07) is 0. The monoisotopic (exact) mass is 416 g/mol. The number of carbonyl (C=O) groups is 2. The van der Waals surface area contributed by atoms with Crippen LogP contribution in [-0.4, -0.2) is 23.0 Å². The Morgan fingerprint density at radius 1 is 1.10 bits per heavy atom. The van der Waals surface area contributed by atoms with Crippen LogP contribution in [0.15, 0.2) is 11.3 Å². The molecule has 0 saturated heterocycles. The molecule has 0 spiro atoms. The molecule has 2 saturated carbocycles. The molecule has 2 fully saturated rings. The molecule has 0 bridgehead atoms. The molecule has 3 aliphatic carbocycles. The Labute approximate surface area is 181 Å². The van der Waals surface area contributed by atoms with Gasteiger partial charge in [-0.3, -0.25) is 9.59 Å². The van der Waals surface area contributed by atoms with E-state index in [-0.39, 0.29) is 35.9 Å². The first-order chi connectivity index (χ1) is 14.1. The minimum Gasteiger partial charge on any atom is -0.431 e. The average Bonchev–Trinajstić information content (AvgIpc) is 3.01. The molecular formula is C26H40O4. The highest BCUT2D eigenvalue weighted by atomic mass is 16.5. The molecule has 0 aromatic heterocycles. The first kappa shape index (κ1) is 22.0. The van der Waals surface area contributed by atoms with Gasteiger partial charge in [-0.2, -0.15) is 0 Å². The molecule has 0 unspecified atom stereocenters. The Balaban J connectivity index is 1.59. The molecule has 168 valence electrons. The van der Waals surface area contributed by atoms with E-state index < -0.39 is 11.5 Å². The molecule has 4 rings (SSSR count). The summed E-state index contributed by atoms with van der Waals surface area (Å²) in [5.41, 5.74) is 0.920. The van der Waals surface area contributed by atoms with Crippen molar-refractivity contribution in [1.82, 2.24) is 0 Å². The number of aliphatic hydroxyl groups is 1. The second-order valence-electron chi connectivity index (χ2n) is 11.7. The Hall–Kier alpha value is -1.16. The van der Waals surface area contributed by atoms with Gasteiger partial charge in [-0.1, -0.05) is 53.9 Å². The van der Waals surface area contributed by atoms with Crippen molar-refractivity contribution in [3.8, 4) is 0 Å². The standard InChI is InChI=1S/C26H40O4/c1-15(2)7-6-8-16(3)17-9-10-18-23-19(11-12-25(17,18)4)26(5)14-22(28)21(27)13-20(26)24(29)30-23/h15-18,20-21,27H,6-14H2,1-5H3/t16-,17-,18+,20-,21-,25-,26-/m1/s1. The molecule has 4 nitrogen and oxygen atoms in total. The van der Waals surface area contributed by atoms with Crippen LogP contribution in [-0.2, 0) is 14.3 Å². The van der Waals surface area contributed by atoms with Crippen molar-refractivity contribution in [2.75, 3.05) is 0 Å². The van der Waals surface area contributed by atoms with Gasteiger partial charge in [0.1, 0.15) is 11.9 Å². The lowest BCUT2D eigenvalue weighted by Crippen LogP contribution is -2.52. The first-order valence-electron chi connectivity index (χ1n) is 12.2. The van der Waals surface area contributed by atoms with E-state index in [0.29, 0.717) is 17.8 Å². The predicted octanol–water partition coefficient (Wildman–Crippen LogP) is 5.43. The second-order valence-corrected chi connectivity index (χ2v) is 11.7. The molecule has 0 aromatic rings. The molecule has 1 heterocycles. The fourth-order valence-electron chi connectivity index (χ4n) is 7.54. The van der Waals surface area contributed by atoms with Crippen LogP contribution in [0.1, 0.15) is 92.4 Å². The third-order valence-corrected chi connectivity index (χ3v) is 9.39. The number of hydrogen-bond donors (Lipinski definition) is 1. The van der Waals surface area contributed by atoms with E-state index in [2.05, 4.69) is 34.6 Å². The minimum absolute atomic E-state index is 0.119. The molecular weight excluding hydrogens is 376 g/mol. The van der Waals surface area contributed by atoms with Gasteiger partial charge in [-0.15, -0.1) is 0 Å². The molecule has 0 amide bonds. The number of carbonyl (C=O) groups excluding carboxylic acids is 2. The average molecular weight is 417 g/mol. The van der Waals surface area contributed by atoms with Crippen molar-refractivity contribution in [3.63, 3.8) is 0 Å². The zero-order chi connectivity index (χ0) is 21.8. The van der Waals surface area contributed by atoms with Crippen molar-refractivity contribution in [3.05, 3.63) is 11.3 Å². The van der Waals surface area contributed by atoms with E-state index in [1.54, 1.807) is 0 Å². The van der Waals surface area contributed by atoms with E-state index >= 15 is 0 Å². The minimum atomic E-state index is -1.02. The Bertz CT molecular complexity index is 752. The number of aliphatic hydroxyl groups excluding tert-OH is 1. The molecule has 30 heavy (non-hydrogen) atoms. The summed E-state index contributed by atoms with van der Waals surface area (Å²) < 4.78 is 6.05. The van der Waals surface area contributed by atoms with Gasteiger partial charge < -0.3 is 9.84 Å². The Morgan fingerprint density at radius 3 is 2.53 bits per heavy atom. The van der Waals surface area contributed by atoms with E-state index in [1.807, 2.05) is 0 Å². The van der Waals surface area contributed by atoms with Crippen molar-refractivity contribution >= 4 is 11.8 Å². The smallest absolute Gasteiger partial charge is 0.315 e. The quantitative estimate of drug-likeness (QED) is 0.607. The number of hydrogen-bond acceptors (Lipinski definition) is 4. The van der Waals surface area contributed by atoms with Crippen molar-refractivity contribution in [2.24, 2.45) is 40.4 Å². The van der Waals surface area contributed by atoms with Crippen LogP contribution in [0.2, 0.25) is 0 Å². The third kappa shape index (κ3) is 3.38. The number of esters is 1. The summed E-state index contributed by atoms with van der Waals surface area (Å²) >= 11 is 0. The van der Waals surface area contributed by atoms with Gasteiger partial charge in [-0.05, 0) is 60.8 Å². The van der Waals surface area contributed by atoms with Crippen LogP contribution < -0.4 is 0 Å². The van der Waals surface area contributed by atoms with Crippen LogP contribution >= 0.6 is 0 Å². The zero-order valence-corrected chi connectivity index (χ0v) is 19.5. The van der Waals surface area contributed by atoms with Gasteiger partial charge in [0.2, 0.25) is 0 Å². The normalized spacial score (nSPS) is 42.0. The summed E-state index contributed by atoms with van der Waals surface area (Å²) in [7, 11) is 0. The zero-order valence-electron chi connectivity index (χ0n) is 19.5. The van der Waals surface area contributed by atoms with Crippen LogP contribution in [0.4, 0.5) is 0 Å². The highest BCUT2D eigenvalue weighted by Crippen LogP contribution is 2.64. The number of ether oxygens (including phenoxy) is 1. The summed E-state index contributed by atoms with van der Waals surface area (Å²) in [4.78, 5) is 25.4. The van der Waals surface area contributed by atoms with E-state index in [9.17, 15) is 14.7 Å². The largest absolute Gasteiger partial charge is 0.431 e. The second kappa shape index (κ2) is 7.76. The van der Waals surface area contributed by atoms with Crippen molar-refractivity contribution < 1.29 is 19.4 Å². The van der Waals surface area contributed by atoms with Gasteiger partial charge in [-0.25, -0.2) is 0 Å². The van der Waals surface area contributed by atoms with E-state index in [1.165, 1.54) is 31.3 Å². The molecule has 7 atom stereocenters. The lowest BCUT2D eigenvalue weighted by Gasteiger charge is -2.52. The van der Waals surface area contributed by atoms with Crippen molar-refractivity contribution in [2.45, 2.75) is 98.5 Å². The van der Waals surface area contributed by atoms with Gasteiger partial charge in [0.15, 0.2) is 5.78 Å². The summed E-state index contributed by atoms with van der Waals surface area (Å²) in [6.07, 6.45) is 7.65. The van der Waals surface area contributed by atoms with Crippen LogP contribution in [0, 0.1) is 40.4 Å². The van der Waals surface area contributed by atoms with Gasteiger partial charge in [0, 0.05) is 17.8 Å². The predicted molar refractivity (Wildman–Crippen MR) is 116 cm³/mol. The van der Waals surface area contributed by atoms with Gasteiger partial charge >= 0.3 is 5.97 Å².